The standard InChI is InChI=1S/C16H22N8/c17-15(18)23-21-9-11-6-12(10-22-24-16(19)20)8-14(7-11)13-4-2-1-3-5-13/h1-10,15-16,23-24H,17-20H2/b21-9+,22-10+. The zero-order chi connectivity index (χ0) is 17.4. The van der Waals surface area contributed by atoms with Crippen LogP contribution in [0, 0.1) is 0 Å². The van der Waals surface area contributed by atoms with E-state index in [9.17, 15) is 0 Å². The van der Waals surface area contributed by atoms with Crippen LogP contribution in [-0.4, -0.2) is 25.0 Å². The number of hydrogen-bond donors (Lipinski definition) is 6. The van der Waals surface area contributed by atoms with E-state index < -0.39 is 12.6 Å². The third kappa shape index (κ3) is 5.78. The topological polar surface area (TPSA) is 153 Å². The van der Waals surface area contributed by atoms with E-state index in [0.717, 1.165) is 22.3 Å². The Morgan fingerprint density at radius 3 is 1.67 bits per heavy atom. The van der Waals surface area contributed by atoms with Gasteiger partial charge < -0.3 is 0 Å². The van der Waals surface area contributed by atoms with E-state index in [1.54, 1.807) is 12.4 Å². The van der Waals surface area contributed by atoms with Crippen LogP contribution in [-0.2, 0) is 0 Å². The number of benzene rings is 2. The minimum atomic E-state index is -0.713. The highest BCUT2D eigenvalue weighted by Gasteiger charge is 2.02. The summed E-state index contributed by atoms with van der Waals surface area (Å²) in [5.74, 6) is 0. The first-order valence-corrected chi connectivity index (χ1v) is 7.34. The lowest BCUT2D eigenvalue weighted by Gasteiger charge is -2.07. The predicted molar refractivity (Wildman–Crippen MR) is 97.7 cm³/mol. The van der Waals surface area contributed by atoms with Crippen molar-refractivity contribution in [3.8, 4) is 11.1 Å². The minimum absolute atomic E-state index is 0.713. The van der Waals surface area contributed by atoms with Crippen LogP contribution in [0.2, 0.25) is 0 Å². The highest BCUT2D eigenvalue weighted by Crippen LogP contribution is 2.21. The maximum absolute atomic E-state index is 5.40. The maximum Gasteiger partial charge on any atom is 0.142 e. The zero-order valence-corrected chi connectivity index (χ0v) is 13.1. The Kier molecular flexibility index (Phi) is 6.41. The van der Waals surface area contributed by atoms with Crippen molar-refractivity contribution >= 4 is 12.4 Å². The van der Waals surface area contributed by atoms with Gasteiger partial charge in [0.05, 0.1) is 12.4 Å². The Morgan fingerprint density at radius 1 is 0.708 bits per heavy atom. The third-order valence-electron chi connectivity index (χ3n) is 2.96. The fourth-order valence-corrected chi connectivity index (χ4v) is 2.02. The van der Waals surface area contributed by atoms with Gasteiger partial charge in [-0.2, -0.15) is 10.2 Å². The van der Waals surface area contributed by atoms with Crippen molar-refractivity contribution < 1.29 is 0 Å². The monoisotopic (exact) mass is 326 g/mol. The number of nitrogens with two attached hydrogens (primary N) is 4. The van der Waals surface area contributed by atoms with Crippen molar-refractivity contribution in [1.29, 1.82) is 0 Å². The van der Waals surface area contributed by atoms with E-state index >= 15 is 0 Å². The Labute approximate surface area is 140 Å². The molecule has 8 heteroatoms. The molecule has 0 fully saturated rings. The maximum atomic E-state index is 5.40. The van der Waals surface area contributed by atoms with Gasteiger partial charge in [-0.25, -0.2) is 0 Å². The van der Waals surface area contributed by atoms with E-state index in [1.165, 1.54) is 0 Å². The van der Waals surface area contributed by atoms with E-state index in [-0.39, 0.29) is 0 Å². The number of rotatable bonds is 7. The first-order chi connectivity index (χ1) is 11.5. The molecule has 0 heterocycles. The minimum Gasteiger partial charge on any atom is -0.298 e. The van der Waals surface area contributed by atoms with Crippen molar-refractivity contribution in [1.82, 2.24) is 10.9 Å². The lowest BCUT2D eigenvalue weighted by atomic mass is 10.0. The van der Waals surface area contributed by atoms with Gasteiger partial charge >= 0.3 is 0 Å². The number of nitrogens with zero attached hydrogens (tertiary/aromatic N) is 2. The average Bonchev–Trinajstić information content (AvgIpc) is 2.55. The van der Waals surface area contributed by atoms with Crippen LogP contribution in [0.25, 0.3) is 11.1 Å². The van der Waals surface area contributed by atoms with Gasteiger partial charge in [0.1, 0.15) is 12.6 Å². The molecule has 126 valence electrons. The molecule has 0 saturated heterocycles. The lowest BCUT2D eigenvalue weighted by molar-refractivity contribution is 0.573. The molecule has 0 bridgehead atoms. The second kappa shape index (κ2) is 8.75. The molecule has 0 aliphatic carbocycles. The molecule has 0 unspecified atom stereocenters. The normalized spacial score (nSPS) is 11.8. The Bertz CT molecular complexity index is 656. The molecule has 0 aliphatic heterocycles. The second-order valence-electron chi connectivity index (χ2n) is 5.08. The largest absolute Gasteiger partial charge is 0.298 e. The van der Waals surface area contributed by atoms with Crippen LogP contribution in [0.3, 0.4) is 0 Å². The summed E-state index contributed by atoms with van der Waals surface area (Å²) in [6, 6.07) is 15.9. The summed E-state index contributed by atoms with van der Waals surface area (Å²) < 4.78 is 0. The molecule has 0 spiro atoms. The van der Waals surface area contributed by atoms with Crippen LogP contribution in [0.1, 0.15) is 11.1 Å². The molecular weight excluding hydrogens is 304 g/mol. The van der Waals surface area contributed by atoms with Gasteiger partial charge in [-0.05, 0) is 40.5 Å². The summed E-state index contributed by atoms with van der Waals surface area (Å²) in [6.07, 6.45) is 1.85. The summed E-state index contributed by atoms with van der Waals surface area (Å²) >= 11 is 0. The number of hydrogen-bond acceptors (Lipinski definition) is 8. The molecule has 0 saturated carbocycles. The first kappa shape index (κ1) is 17.6. The van der Waals surface area contributed by atoms with Gasteiger partial charge in [0.25, 0.3) is 0 Å². The molecule has 24 heavy (non-hydrogen) atoms. The van der Waals surface area contributed by atoms with Gasteiger partial charge in [-0.3, -0.25) is 33.8 Å². The van der Waals surface area contributed by atoms with Gasteiger partial charge in [-0.15, -0.1) is 0 Å². The van der Waals surface area contributed by atoms with Crippen LogP contribution in [0.4, 0.5) is 0 Å². The molecular formula is C16H22N8. The van der Waals surface area contributed by atoms with Gasteiger partial charge in [0.2, 0.25) is 0 Å². The smallest absolute Gasteiger partial charge is 0.142 e. The van der Waals surface area contributed by atoms with Crippen LogP contribution in [0.5, 0.6) is 0 Å². The molecule has 0 amide bonds. The van der Waals surface area contributed by atoms with Gasteiger partial charge in [0.15, 0.2) is 0 Å². The number of nitrogens with one attached hydrogen (secondary N) is 2. The molecule has 2 rings (SSSR count). The lowest BCUT2D eigenvalue weighted by Crippen LogP contribution is -2.42. The van der Waals surface area contributed by atoms with Gasteiger partial charge in [-0.1, -0.05) is 30.3 Å². The highest BCUT2D eigenvalue weighted by atomic mass is 15.4. The summed E-state index contributed by atoms with van der Waals surface area (Å²) in [5, 5.41) is 8.00. The van der Waals surface area contributed by atoms with Gasteiger partial charge in [0, 0.05) is 0 Å². The Hall–Kier alpha value is -2.78. The van der Waals surface area contributed by atoms with Crippen LogP contribution in [0.15, 0.2) is 58.7 Å². The van der Waals surface area contributed by atoms with E-state index in [2.05, 4.69) is 21.1 Å². The van der Waals surface area contributed by atoms with Crippen molar-refractivity contribution in [2.24, 2.45) is 33.1 Å². The Morgan fingerprint density at radius 2 is 1.21 bits per heavy atom. The fourth-order valence-electron chi connectivity index (χ4n) is 2.02. The molecule has 0 radical (unpaired) electrons. The third-order valence-corrected chi connectivity index (χ3v) is 2.96. The molecule has 2 aromatic carbocycles. The average molecular weight is 326 g/mol. The van der Waals surface area contributed by atoms with Crippen LogP contribution < -0.4 is 33.8 Å². The summed E-state index contributed by atoms with van der Waals surface area (Å²) in [4.78, 5) is 0. The SMILES string of the molecule is NC(N)N/N=C/c1cc(/C=N/NC(N)N)cc(-c2ccccc2)c1. The summed E-state index contributed by atoms with van der Waals surface area (Å²) in [6.45, 7) is 0. The number of hydrazone groups is 2. The van der Waals surface area contributed by atoms with Crippen molar-refractivity contribution in [3.05, 3.63) is 59.7 Å². The summed E-state index contributed by atoms with van der Waals surface area (Å²) in [7, 11) is 0. The first-order valence-electron chi connectivity index (χ1n) is 7.34. The molecule has 0 atom stereocenters. The molecule has 2 aromatic rings. The van der Waals surface area contributed by atoms with Crippen LogP contribution >= 0.6 is 0 Å². The van der Waals surface area contributed by atoms with Crippen molar-refractivity contribution in [3.63, 3.8) is 0 Å². The molecule has 0 aliphatic rings. The van der Waals surface area contributed by atoms with E-state index in [1.807, 2.05) is 48.5 Å². The van der Waals surface area contributed by atoms with Crippen molar-refractivity contribution in [2.75, 3.05) is 0 Å². The zero-order valence-electron chi connectivity index (χ0n) is 13.1. The Balaban J connectivity index is 2.32. The molecule has 10 N–H and O–H groups in total. The highest BCUT2D eigenvalue weighted by molar-refractivity contribution is 5.89. The fraction of sp³-hybridized carbons (Fsp3) is 0.125. The van der Waals surface area contributed by atoms with E-state index in [4.69, 9.17) is 22.9 Å². The second-order valence-corrected chi connectivity index (χ2v) is 5.08. The summed E-state index contributed by atoms with van der Waals surface area (Å²) in [5.41, 5.74) is 30.6. The molecule has 8 nitrogen and oxygen atoms in total. The quantitative estimate of drug-likeness (QED) is 0.231. The molecule has 0 aromatic heterocycles. The predicted octanol–water partition coefficient (Wildman–Crippen LogP) is -0.397. The van der Waals surface area contributed by atoms with Crippen molar-refractivity contribution in [2.45, 2.75) is 12.6 Å². The van der Waals surface area contributed by atoms with E-state index in [0.29, 0.717) is 0 Å².